The molecule has 46 heavy (non-hydrogen) atoms. The Balaban J connectivity index is 1.42. The molecule has 0 atom stereocenters. The lowest BCUT2D eigenvalue weighted by Gasteiger charge is -2.36. The van der Waals surface area contributed by atoms with E-state index in [1.807, 2.05) is 4.90 Å². The zero-order chi connectivity index (χ0) is 32.8. The summed E-state index contributed by atoms with van der Waals surface area (Å²) in [4.78, 5) is 43.6. The van der Waals surface area contributed by atoms with Gasteiger partial charge in [0.15, 0.2) is 5.65 Å². The second-order valence-electron chi connectivity index (χ2n) is 11.8. The molecule has 1 fully saturated rings. The highest BCUT2D eigenvalue weighted by Crippen LogP contribution is 2.32. The van der Waals surface area contributed by atoms with Gasteiger partial charge in [-0.2, -0.15) is 14.7 Å². The Hall–Kier alpha value is -5.01. The Bertz CT molecular complexity index is 1730. The van der Waals surface area contributed by atoms with Crippen LogP contribution in [0.25, 0.3) is 11.0 Å². The third-order valence-corrected chi connectivity index (χ3v) is 7.30. The number of piperazine rings is 1. The average molecular weight is 632 g/mol. The van der Waals surface area contributed by atoms with Crippen LogP contribution in [0.5, 0.6) is 11.6 Å². The number of aromatic nitrogens is 3. The Morgan fingerprint density at radius 3 is 2.52 bits per heavy atom. The zero-order valence-corrected chi connectivity index (χ0v) is 26.4. The second kappa shape index (κ2) is 14.0. The first-order valence-corrected chi connectivity index (χ1v) is 14.9. The van der Waals surface area contributed by atoms with Gasteiger partial charge in [-0.3, -0.25) is 9.69 Å². The Kier molecular flexibility index (Phi) is 9.83. The van der Waals surface area contributed by atoms with Gasteiger partial charge < -0.3 is 29.8 Å². The first kappa shape index (κ1) is 32.4. The number of nitrogens with one attached hydrogen (secondary N) is 2. The van der Waals surface area contributed by atoms with Crippen LogP contribution < -0.4 is 25.1 Å². The maximum Gasteiger partial charge on any atom is 0.338 e. The summed E-state index contributed by atoms with van der Waals surface area (Å²) in [5.41, 5.74) is 0.920. The van der Waals surface area contributed by atoms with Gasteiger partial charge in [0.25, 0.3) is 0 Å². The number of benzene rings is 2. The number of methoxy groups -OCH3 is 1. The first-order chi connectivity index (χ1) is 22.0. The lowest BCUT2D eigenvalue weighted by molar-refractivity contribution is -0.152. The second-order valence-corrected chi connectivity index (χ2v) is 11.8. The van der Waals surface area contributed by atoms with E-state index in [4.69, 9.17) is 14.3 Å². The van der Waals surface area contributed by atoms with Crippen molar-refractivity contribution < 1.29 is 28.3 Å². The number of halogens is 1. The third kappa shape index (κ3) is 7.79. The molecule has 242 valence electrons. The molecule has 1 aliphatic rings. The number of carbonyl (C=O) groups is 2. The van der Waals surface area contributed by atoms with Gasteiger partial charge in [0.1, 0.15) is 11.6 Å². The number of ether oxygens (including phenoxy) is 2. The number of fused-ring (bicyclic) bond motifs is 1. The van der Waals surface area contributed by atoms with E-state index >= 15 is 4.39 Å². The number of nitrogens with zero attached hydrogens (tertiary/aromatic N) is 5. The van der Waals surface area contributed by atoms with Crippen LogP contribution in [-0.2, 0) is 14.3 Å². The van der Waals surface area contributed by atoms with Crippen LogP contribution in [0.2, 0.25) is 0 Å². The molecule has 0 unspecified atom stereocenters. The fraction of sp³-hybridized carbons (Fsp3) is 0.333. The fourth-order valence-electron chi connectivity index (χ4n) is 4.74. The summed E-state index contributed by atoms with van der Waals surface area (Å²) in [5.74, 6) is -0.603. The standard InChI is InChI=1S/C33H38FN7O5/c1-6-28(42)35-22-8-7-9-24(20-22)45-30-25-12-13-41(46-31(43)33(2,3)4)29(25)37-32(38-30)36-23-10-11-27(26(34)21-23)40-16-14-39(15-17-40)18-19-44-5/h6-13,20-21H,1,14-19H2,2-5H3,(H,35,42)(H,36,37,38). The van der Waals surface area contributed by atoms with E-state index in [2.05, 4.69) is 32.1 Å². The minimum Gasteiger partial charge on any atom is -0.438 e. The number of anilines is 4. The van der Waals surface area contributed by atoms with E-state index in [0.717, 1.165) is 19.6 Å². The molecule has 0 saturated carbocycles. The van der Waals surface area contributed by atoms with E-state index in [0.29, 0.717) is 47.9 Å². The van der Waals surface area contributed by atoms with E-state index in [1.165, 1.54) is 16.9 Å². The highest BCUT2D eigenvalue weighted by atomic mass is 19.1. The lowest BCUT2D eigenvalue weighted by Crippen LogP contribution is -2.47. The summed E-state index contributed by atoms with van der Waals surface area (Å²) in [6, 6.07) is 13.3. The summed E-state index contributed by atoms with van der Waals surface area (Å²) in [6.07, 6.45) is 2.71. The van der Waals surface area contributed by atoms with Crippen LogP contribution in [0.4, 0.5) is 27.4 Å². The van der Waals surface area contributed by atoms with Crippen molar-refractivity contribution in [2.45, 2.75) is 20.8 Å². The minimum atomic E-state index is -0.768. The average Bonchev–Trinajstić information content (AvgIpc) is 3.42. The van der Waals surface area contributed by atoms with Crippen molar-refractivity contribution >= 4 is 45.9 Å². The SMILES string of the molecule is C=CC(=O)Nc1cccc(Oc2nc(Nc3ccc(N4CCN(CCOC)CC4)c(F)c3)nc3c2ccn3OC(=O)C(C)(C)C)c1. The summed E-state index contributed by atoms with van der Waals surface area (Å²) >= 11 is 0. The highest BCUT2D eigenvalue weighted by molar-refractivity contribution is 5.99. The number of carbonyl (C=O) groups excluding carboxylic acids is 2. The van der Waals surface area contributed by atoms with Crippen molar-refractivity contribution in [3.8, 4) is 11.6 Å². The van der Waals surface area contributed by atoms with Crippen LogP contribution in [-0.4, -0.2) is 77.9 Å². The van der Waals surface area contributed by atoms with E-state index in [9.17, 15) is 9.59 Å². The smallest absolute Gasteiger partial charge is 0.338 e. The molecule has 1 amide bonds. The highest BCUT2D eigenvalue weighted by Gasteiger charge is 2.26. The van der Waals surface area contributed by atoms with Gasteiger partial charge in [-0.25, -0.2) is 9.18 Å². The van der Waals surface area contributed by atoms with Gasteiger partial charge >= 0.3 is 5.97 Å². The molecule has 0 spiro atoms. The predicted octanol–water partition coefficient (Wildman–Crippen LogP) is 5.00. The van der Waals surface area contributed by atoms with Crippen molar-refractivity contribution in [1.82, 2.24) is 19.6 Å². The topological polar surface area (TPSA) is 123 Å². The normalized spacial score (nSPS) is 13.8. The molecule has 1 saturated heterocycles. The number of rotatable bonds is 11. The van der Waals surface area contributed by atoms with Crippen molar-refractivity contribution in [2.24, 2.45) is 5.41 Å². The van der Waals surface area contributed by atoms with E-state index in [-0.39, 0.29) is 29.2 Å². The molecule has 2 aromatic heterocycles. The molecule has 0 radical (unpaired) electrons. The number of hydrogen-bond donors (Lipinski definition) is 2. The number of amides is 1. The molecule has 2 N–H and O–H groups in total. The largest absolute Gasteiger partial charge is 0.438 e. The van der Waals surface area contributed by atoms with Crippen LogP contribution in [0, 0.1) is 11.2 Å². The Morgan fingerprint density at radius 2 is 1.83 bits per heavy atom. The summed E-state index contributed by atoms with van der Waals surface area (Å²) < 4.78 is 28.0. The molecule has 5 rings (SSSR count). The predicted molar refractivity (Wildman–Crippen MR) is 174 cm³/mol. The molecule has 4 aromatic rings. The first-order valence-electron chi connectivity index (χ1n) is 14.9. The summed E-state index contributed by atoms with van der Waals surface area (Å²) in [7, 11) is 1.68. The van der Waals surface area contributed by atoms with Gasteiger partial charge in [-0.1, -0.05) is 12.6 Å². The molecule has 0 bridgehead atoms. The Labute approximate surface area is 266 Å². The van der Waals surface area contributed by atoms with Gasteiger partial charge in [0, 0.05) is 63.5 Å². The zero-order valence-electron chi connectivity index (χ0n) is 26.4. The molecule has 1 aliphatic heterocycles. The maximum atomic E-state index is 15.4. The van der Waals surface area contributed by atoms with Crippen molar-refractivity contribution in [3.63, 3.8) is 0 Å². The van der Waals surface area contributed by atoms with Crippen molar-refractivity contribution in [2.75, 3.05) is 62.0 Å². The lowest BCUT2D eigenvalue weighted by atomic mass is 9.98. The van der Waals surface area contributed by atoms with Gasteiger partial charge in [-0.15, -0.1) is 0 Å². The van der Waals surface area contributed by atoms with Crippen LogP contribution in [0.3, 0.4) is 0 Å². The van der Waals surface area contributed by atoms with Crippen LogP contribution in [0.1, 0.15) is 20.8 Å². The van der Waals surface area contributed by atoms with Crippen molar-refractivity contribution in [3.05, 3.63) is 73.2 Å². The van der Waals surface area contributed by atoms with Gasteiger partial charge in [0.2, 0.25) is 17.7 Å². The molecule has 2 aromatic carbocycles. The molecule has 3 heterocycles. The van der Waals surface area contributed by atoms with E-state index < -0.39 is 11.4 Å². The fourth-order valence-corrected chi connectivity index (χ4v) is 4.74. The Morgan fingerprint density at radius 1 is 1.04 bits per heavy atom. The van der Waals surface area contributed by atoms with Crippen LogP contribution in [0.15, 0.2) is 67.4 Å². The summed E-state index contributed by atoms with van der Waals surface area (Å²) in [6.45, 7) is 13.3. The molecule has 0 aliphatic carbocycles. The molecular weight excluding hydrogens is 593 g/mol. The van der Waals surface area contributed by atoms with Crippen LogP contribution >= 0.6 is 0 Å². The van der Waals surface area contributed by atoms with Crippen molar-refractivity contribution in [1.29, 1.82) is 0 Å². The van der Waals surface area contributed by atoms with Gasteiger partial charge in [0.05, 0.1) is 23.1 Å². The minimum absolute atomic E-state index is 0.0873. The molecule has 13 heteroatoms. The van der Waals surface area contributed by atoms with E-state index in [1.54, 1.807) is 76.5 Å². The quantitative estimate of drug-likeness (QED) is 0.219. The number of hydrogen-bond acceptors (Lipinski definition) is 10. The third-order valence-electron chi connectivity index (χ3n) is 7.30. The maximum absolute atomic E-state index is 15.4. The summed E-state index contributed by atoms with van der Waals surface area (Å²) in [5, 5.41) is 6.21. The van der Waals surface area contributed by atoms with Gasteiger partial charge in [-0.05, 0) is 63.2 Å². The monoisotopic (exact) mass is 631 g/mol. The molecular formula is C33H38FN7O5. The molecule has 12 nitrogen and oxygen atoms in total.